The quantitative estimate of drug-likeness (QED) is 0.817. The molecule has 15 heavy (non-hydrogen) atoms. The molecule has 0 unspecified atom stereocenters. The summed E-state index contributed by atoms with van der Waals surface area (Å²) in [5.41, 5.74) is 2.09. The van der Waals surface area contributed by atoms with E-state index in [-0.39, 0.29) is 0 Å². The van der Waals surface area contributed by atoms with Crippen molar-refractivity contribution in [3.05, 3.63) is 23.8 Å². The minimum atomic E-state index is -0.901. The number of rotatable bonds is 3. The van der Waals surface area contributed by atoms with Gasteiger partial charge in [0.15, 0.2) is 0 Å². The van der Waals surface area contributed by atoms with Crippen LogP contribution in [0.15, 0.2) is 18.2 Å². The fourth-order valence-corrected chi connectivity index (χ4v) is 1.24. The van der Waals surface area contributed by atoms with Gasteiger partial charge in [-0.3, -0.25) is 0 Å². The van der Waals surface area contributed by atoms with E-state index in [1.54, 1.807) is 12.1 Å². The number of nitrogens with zero attached hydrogens (tertiary/aromatic N) is 2. The lowest BCUT2D eigenvalue weighted by Gasteiger charge is -2.18. The molecule has 4 heteroatoms. The number of carboxylic acids is 1. The smallest absolute Gasteiger partial charge is 0.335 e. The van der Waals surface area contributed by atoms with Crippen LogP contribution in [-0.4, -0.2) is 39.3 Å². The fourth-order valence-electron chi connectivity index (χ4n) is 1.24. The number of hydrogen-bond acceptors (Lipinski definition) is 3. The fraction of sp³-hybridized carbons (Fsp3) is 0.364. The van der Waals surface area contributed by atoms with Crippen LogP contribution >= 0.6 is 0 Å². The Hall–Kier alpha value is -1.71. The van der Waals surface area contributed by atoms with E-state index in [0.29, 0.717) is 5.56 Å². The molecule has 0 saturated carbocycles. The van der Waals surface area contributed by atoms with Crippen LogP contribution in [0.3, 0.4) is 0 Å². The zero-order valence-corrected chi connectivity index (χ0v) is 9.48. The van der Waals surface area contributed by atoms with E-state index in [9.17, 15) is 4.79 Å². The van der Waals surface area contributed by atoms with Gasteiger partial charge < -0.3 is 14.9 Å². The highest BCUT2D eigenvalue weighted by Crippen LogP contribution is 2.22. The third-order valence-corrected chi connectivity index (χ3v) is 2.18. The van der Waals surface area contributed by atoms with E-state index in [1.165, 1.54) is 0 Å². The van der Waals surface area contributed by atoms with E-state index < -0.39 is 5.97 Å². The molecule has 0 aliphatic rings. The van der Waals surface area contributed by atoms with Crippen LogP contribution in [0.25, 0.3) is 0 Å². The molecule has 0 bridgehead atoms. The second kappa shape index (κ2) is 4.21. The first-order valence-corrected chi connectivity index (χ1v) is 4.65. The van der Waals surface area contributed by atoms with Crippen molar-refractivity contribution in [2.75, 3.05) is 38.0 Å². The van der Waals surface area contributed by atoms with Gasteiger partial charge in [0.2, 0.25) is 0 Å². The predicted octanol–water partition coefficient (Wildman–Crippen LogP) is 1.52. The summed E-state index contributed by atoms with van der Waals surface area (Å²) in [6, 6.07) is 5.27. The molecule has 4 nitrogen and oxygen atoms in total. The molecule has 0 saturated heterocycles. The third-order valence-electron chi connectivity index (χ3n) is 2.18. The number of aromatic carboxylic acids is 1. The number of carbonyl (C=O) groups is 1. The molecule has 1 aromatic carbocycles. The Morgan fingerprint density at radius 2 is 1.40 bits per heavy atom. The number of benzene rings is 1. The van der Waals surface area contributed by atoms with Gasteiger partial charge in [-0.15, -0.1) is 0 Å². The van der Waals surface area contributed by atoms with Gasteiger partial charge in [0.1, 0.15) is 0 Å². The average molecular weight is 208 g/mol. The van der Waals surface area contributed by atoms with Crippen LogP contribution in [-0.2, 0) is 0 Å². The van der Waals surface area contributed by atoms with Crippen LogP contribution in [0.5, 0.6) is 0 Å². The molecule has 0 fully saturated rings. The van der Waals surface area contributed by atoms with E-state index >= 15 is 0 Å². The molecule has 0 aromatic heterocycles. The number of hydrogen-bond donors (Lipinski definition) is 1. The Labute approximate surface area is 89.7 Å². The summed E-state index contributed by atoms with van der Waals surface area (Å²) in [5.74, 6) is -0.901. The van der Waals surface area contributed by atoms with Crippen LogP contribution < -0.4 is 9.80 Å². The van der Waals surface area contributed by atoms with Gasteiger partial charge in [-0.2, -0.15) is 0 Å². The molecule has 0 atom stereocenters. The summed E-state index contributed by atoms with van der Waals surface area (Å²) >= 11 is 0. The Bertz CT molecular complexity index is 347. The first-order chi connectivity index (χ1) is 6.91. The maximum absolute atomic E-state index is 10.9. The predicted molar refractivity (Wildman–Crippen MR) is 62.1 cm³/mol. The summed E-state index contributed by atoms with van der Waals surface area (Å²) < 4.78 is 0. The van der Waals surface area contributed by atoms with Gasteiger partial charge in [-0.25, -0.2) is 4.79 Å². The second-order valence-corrected chi connectivity index (χ2v) is 3.83. The highest BCUT2D eigenvalue weighted by molar-refractivity contribution is 5.90. The summed E-state index contributed by atoms with van der Waals surface area (Å²) in [6.07, 6.45) is 0. The molecule has 1 rings (SSSR count). The normalized spacial score (nSPS) is 9.87. The molecule has 1 N–H and O–H groups in total. The third kappa shape index (κ3) is 2.62. The van der Waals surface area contributed by atoms with Crippen molar-refractivity contribution in [1.29, 1.82) is 0 Å². The minimum absolute atomic E-state index is 0.310. The van der Waals surface area contributed by atoms with Crippen molar-refractivity contribution in [3.63, 3.8) is 0 Å². The molecule has 82 valence electrons. The van der Waals surface area contributed by atoms with Gasteiger partial charge in [0, 0.05) is 39.6 Å². The highest BCUT2D eigenvalue weighted by Gasteiger charge is 2.08. The Balaban J connectivity index is 3.26. The molecule has 0 aliphatic heterocycles. The van der Waals surface area contributed by atoms with Gasteiger partial charge in [-0.05, 0) is 18.2 Å². The second-order valence-electron chi connectivity index (χ2n) is 3.83. The Morgan fingerprint density at radius 3 is 1.67 bits per heavy atom. The molecular weight excluding hydrogens is 192 g/mol. The summed E-state index contributed by atoms with van der Waals surface area (Å²) in [7, 11) is 7.56. The van der Waals surface area contributed by atoms with Crippen LogP contribution in [0.2, 0.25) is 0 Å². The summed E-state index contributed by atoms with van der Waals surface area (Å²) in [6.45, 7) is 0. The summed E-state index contributed by atoms with van der Waals surface area (Å²) in [5, 5.41) is 8.96. The van der Waals surface area contributed by atoms with Crippen LogP contribution in [0.4, 0.5) is 11.4 Å². The molecule has 0 radical (unpaired) electrons. The van der Waals surface area contributed by atoms with Crippen molar-refractivity contribution in [2.24, 2.45) is 0 Å². The largest absolute Gasteiger partial charge is 0.478 e. The van der Waals surface area contributed by atoms with Gasteiger partial charge in [0.25, 0.3) is 0 Å². The first-order valence-electron chi connectivity index (χ1n) is 4.65. The van der Waals surface area contributed by atoms with Gasteiger partial charge >= 0.3 is 5.97 Å². The maximum atomic E-state index is 10.9. The molecule has 0 heterocycles. The summed E-state index contributed by atoms with van der Waals surface area (Å²) in [4.78, 5) is 14.7. The average Bonchev–Trinajstić information content (AvgIpc) is 2.16. The van der Waals surface area contributed by atoms with Gasteiger partial charge in [0.05, 0.1) is 5.56 Å². The molecule has 0 amide bonds. The minimum Gasteiger partial charge on any atom is -0.478 e. The highest BCUT2D eigenvalue weighted by atomic mass is 16.4. The van der Waals surface area contributed by atoms with Crippen LogP contribution in [0, 0.1) is 0 Å². The van der Waals surface area contributed by atoms with E-state index in [1.807, 2.05) is 44.1 Å². The maximum Gasteiger partial charge on any atom is 0.335 e. The Morgan fingerprint density at radius 1 is 1.00 bits per heavy atom. The topological polar surface area (TPSA) is 43.8 Å². The van der Waals surface area contributed by atoms with Crippen molar-refractivity contribution < 1.29 is 9.90 Å². The van der Waals surface area contributed by atoms with Crippen molar-refractivity contribution in [1.82, 2.24) is 0 Å². The zero-order valence-electron chi connectivity index (χ0n) is 9.48. The van der Waals surface area contributed by atoms with Crippen LogP contribution in [0.1, 0.15) is 10.4 Å². The monoisotopic (exact) mass is 208 g/mol. The van der Waals surface area contributed by atoms with E-state index in [4.69, 9.17) is 5.11 Å². The number of anilines is 2. The van der Waals surface area contributed by atoms with E-state index in [2.05, 4.69) is 0 Å². The van der Waals surface area contributed by atoms with E-state index in [0.717, 1.165) is 11.4 Å². The van der Waals surface area contributed by atoms with Crippen molar-refractivity contribution in [2.45, 2.75) is 0 Å². The SMILES string of the molecule is CN(C)c1cc(C(=O)O)cc(N(C)C)c1. The first kappa shape index (κ1) is 11.4. The molecule has 1 aromatic rings. The lowest BCUT2D eigenvalue weighted by atomic mass is 10.1. The van der Waals surface area contributed by atoms with Crippen molar-refractivity contribution >= 4 is 17.3 Å². The Kier molecular flexibility index (Phi) is 3.19. The van der Waals surface area contributed by atoms with Gasteiger partial charge in [-0.1, -0.05) is 0 Å². The van der Waals surface area contributed by atoms with Crippen molar-refractivity contribution in [3.8, 4) is 0 Å². The molecule has 0 aliphatic carbocycles. The molecular formula is C11H16N2O2. The lowest BCUT2D eigenvalue weighted by Crippen LogP contribution is -2.14. The number of carboxylic acid groups (broad SMARTS) is 1. The lowest BCUT2D eigenvalue weighted by molar-refractivity contribution is 0.0697. The standard InChI is InChI=1S/C11H16N2O2/c1-12(2)9-5-8(11(14)15)6-10(7-9)13(3)4/h5-7H,1-4H3,(H,14,15). The zero-order chi connectivity index (χ0) is 11.6. The molecule has 0 spiro atoms.